The molecule has 4 nitrogen and oxygen atoms in total. The first kappa shape index (κ1) is 13.9. The van der Waals surface area contributed by atoms with Crippen molar-refractivity contribution in [2.45, 2.75) is 25.1 Å². The first-order chi connectivity index (χ1) is 8.86. The quantitative estimate of drug-likeness (QED) is 0.898. The van der Waals surface area contributed by atoms with Crippen molar-refractivity contribution in [2.24, 2.45) is 0 Å². The van der Waals surface area contributed by atoms with Crippen molar-refractivity contribution in [2.75, 3.05) is 25.9 Å². The van der Waals surface area contributed by atoms with E-state index in [9.17, 15) is 13.2 Å². The van der Waals surface area contributed by atoms with Crippen LogP contribution in [0.4, 0.5) is 18.9 Å². The molecule has 7 heteroatoms. The lowest BCUT2D eigenvalue weighted by molar-refractivity contribution is -0.141. The molecule has 0 radical (unpaired) electrons. The number of aromatic nitrogens is 1. The summed E-state index contributed by atoms with van der Waals surface area (Å²) in [6.45, 7) is 1.73. The van der Waals surface area contributed by atoms with Crippen molar-refractivity contribution in [3.8, 4) is 5.75 Å². The molecule has 106 valence electrons. The molecule has 2 N–H and O–H groups in total. The summed E-state index contributed by atoms with van der Waals surface area (Å²) in [6, 6.07) is 0.869. The highest BCUT2D eigenvalue weighted by molar-refractivity contribution is 5.51. The number of halogens is 3. The average Bonchev–Trinajstić information content (AvgIpc) is 2.33. The van der Waals surface area contributed by atoms with Crippen LogP contribution in [-0.2, 0) is 6.18 Å². The third-order valence-corrected chi connectivity index (χ3v) is 3.14. The van der Waals surface area contributed by atoms with Crippen LogP contribution in [0.1, 0.15) is 18.5 Å². The van der Waals surface area contributed by atoms with Crippen LogP contribution < -0.4 is 10.5 Å². The summed E-state index contributed by atoms with van der Waals surface area (Å²) in [5.74, 6) is 0.0666. The van der Waals surface area contributed by atoms with E-state index in [0.717, 1.165) is 38.2 Å². The Labute approximate surface area is 109 Å². The highest BCUT2D eigenvalue weighted by Gasteiger charge is 2.33. The first-order valence-electron chi connectivity index (χ1n) is 6.04. The van der Waals surface area contributed by atoms with Gasteiger partial charge in [0.05, 0.1) is 11.9 Å². The molecule has 1 fully saturated rings. The molecule has 2 rings (SSSR count). The minimum absolute atomic E-state index is 0.0666. The Hall–Kier alpha value is -1.50. The molecule has 0 saturated carbocycles. The monoisotopic (exact) mass is 275 g/mol. The number of hydrogen-bond acceptors (Lipinski definition) is 4. The summed E-state index contributed by atoms with van der Waals surface area (Å²) in [6.07, 6.45) is -2.03. The third kappa shape index (κ3) is 3.50. The summed E-state index contributed by atoms with van der Waals surface area (Å²) in [7, 11) is 2.00. The predicted molar refractivity (Wildman–Crippen MR) is 64.8 cm³/mol. The molecule has 0 bridgehead atoms. The zero-order valence-electron chi connectivity index (χ0n) is 10.6. The van der Waals surface area contributed by atoms with E-state index in [1.807, 2.05) is 7.05 Å². The van der Waals surface area contributed by atoms with Gasteiger partial charge in [-0.05, 0) is 19.9 Å². The second-order valence-electron chi connectivity index (χ2n) is 4.73. The molecule has 0 atom stereocenters. The van der Waals surface area contributed by atoms with E-state index in [4.69, 9.17) is 10.5 Å². The Bertz CT molecular complexity index is 442. The molecular formula is C12H16F3N3O. The molecule has 0 aromatic carbocycles. The number of nitrogens with two attached hydrogens (primary N) is 1. The van der Waals surface area contributed by atoms with E-state index in [2.05, 4.69) is 9.88 Å². The summed E-state index contributed by atoms with van der Waals surface area (Å²) < 4.78 is 43.3. The first-order valence-corrected chi connectivity index (χ1v) is 6.04. The molecule has 0 unspecified atom stereocenters. The maximum atomic E-state index is 12.6. The number of alkyl halides is 3. The van der Waals surface area contributed by atoms with Crippen molar-refractivity contribution >= 4 is 5.69 Å². The lowest BCUT2D eigenvalue weighted by atomic mass is 10.1. The Morgan fingerprint density at radius 2 is 2.00 bits per heavy atom. The van der Waals surface area contributed by atoms with Crippen molar-refractivity contribution in [3.05, 3.63) is 18.0 Å². The van der Waals surface area contributed by atoms with E-state index >= 15 is 0 Å². The number of nitrogen functional groups attached to an aromatic ring is 1. The SMILES string of the molecule is CN1CCC(Oc2cc(C(F)(F)F)ncc2N)CC1. The summed E-state index contributed by atoms with van der Waals surface area (Å²) in [4.78, 5) is 5.43. The number of hydrogen-bond donors (Lipinski definition) is 1. The lowest BCUT2D eigenvalue weighted by Crippen LogP contribution is -2.35. The van der Waals surface area contributed by atoms with Crippen molar-refractivity contribution in [3.63, 3.8) is 0 Å². The number of piperidine rings is 1. The second kappa shape index (κ2) is 5.24. The average molecular weight is 275 g/mol. The van der Waals surface area contributed by atoms with Crippen LogP contribution in [0.3, 0.4) is 0 Å². The lowest BCUT2D eigenvalue weighted by Gasteiger charge is -2.29. The fraction of sp³-hybridized carbons (Fsp3) is 0.583. The molecule has 1 aliphatic heterocycles. The molecule has 0 aliphatic carbocycles. The largest absolute Gasteiger partial charge is 0.488 e. The summed E-state index contributed by atoms with van der Waals surface area (Å²) in [5, 5.41) is 0. The van der Waals surface area contributed by atoms with Gasteiger partial charge in [0.2, 0.25) is 0 Å². The Morgan fingerprint density at radius 3 is 2.58 bits per heavy atom. The Kier molecular flexibility index (Phi) is 3.84. The minimum Gasteiger partial charge on any atom is -0.488 e. The third-order valence-electron chi connectivity index (χ3n) is 3.14. The number of anilines is 1. The Morgan fingerprint density at radius 1 is 1.37 bits per heavy atom. The second-order valence-corrected chi connectivity index (χ2v) is 4.73. The van der Waals surface area contributed by atoms with Crippen molar-refractivity contribution in [1.82, 2.24) is 9.88 Å². The van der Waals surface area contributed by atoms with E-state index in [0.29, 0.717) is 0 Å². The minimum atomic E-state index is -4.49. The molecule has 1 saturated heterocycles. The Balaban J connectivity index is 2.11. The fourth-order valence-electron chi connectivity index (χ4n) is 1.99. The van der Waals surface area contributed by atoms with Gasteiger partial charge < -0.3 is 15.4 Å². The van der Waals surface area contributed by atoms with Crippen LogP contribution in [-0.4, -0.2) is 36.1 Å². The van der Waals surface area contributed by atoms with Gasteiger partial charge in [-0.3, -0.25) is 0 Å². The highest BCUT2D eigenvalue weighted by Crippen LogP contribution is 2.33. The number of nitrogens with zero attached hydrogens (tertiary/aromatic N) is 2. The van der Waals surface area contributed by atoms with E-state index in [1.54, 1.807) is 0 Å². The van der Waals surface area contributed by atoms with Gasteiger partial charge in [0.25, 0.3) is 0 Å². The van der Waals surface area contributed by atoms with Gasteiger partial charge >= 0.3 is 6.18 Å². The van der Waals surface area contributed by atoms with Gasteiger partial charge in [0.15, 0.2) is 0 Å². The van der Waals surface area contributed by atoms with Gasteiger partial charge in [0, 0.05) is 19.2 Å². The summed E-state index contributed by atoms with van der Waals surface area (Å²) in [5.41, 5.74) is 4.76. The molecular weight excluding hydrogens is 259 g/mol. The van der Waals surface area contributed by atoms with Crippen LogP contribution in [0.5, 0.6) is 5.75 Å². The molecule has 0 spiro atoms. The molecule has 0 amide bonds. The zero-order valence-corrected chi connectivity index (χ0v) is 10.6. The van der Waals surface area contributed by atoms with Crippen LogP contribution in [0.25, 0.3) is 0 Å². The standard InChI is InChI=1S/C12H16F3N3O/c1-18-4-2-8(3-5-18)19-10-6-11(12(13,14)15)17-7-9(10)16/h6-8H,2-5,16H2,1H3. The maximum Gasteiger partial charge on any atom is 0.433 e. The topological polar surface area (TPSA) is 51.4 Å². The zero-order chi connectivity index (χ0) is 14.0. The van der Waals surface area contributed by atoms with Crippen LogP contribution in [0.15, 0.2) is 12.3 Å². The van der Waals surface area contributed by atoms with Gasteiger partial charge in [-0.25, -0.2) is 4.98 Å². The normalized spacial score (nSPS) is 18.5. The van der Waals surface area contributed by atoms with Gasteiger partial charge in [-0.15, -0.1) is 0 Å². The van der Waals surface area contributed by atoms with E-state index in [-0.39, 0.29) is 17.5 Å². The molecule has 2 heterocycles. The highest BCUT2D eigenvalue weighted by atomic mass is 19.4. The fourth-order valence-corrected chi connectivity index (χ4v) is 1.99. The molecule has 1 aliphatic rings. The van der Waals surface area contributed by atoms with Crippen molar-refractivity contribution < 1.29 is 17.9 Å². The predicted octanol–water partition coefficient (Wildman–Crippen LogP) is 2.16. The number of likely N-dealkylation sites (tertiary alicyclic amines) is 1. The van der Waals surface area contributed by atoms with Crippen molar-refractivity contribution in [1.29, 1.82) is 0 Å². The molecule has 1 aromatic heterocycles. The van der Waals surface area contributed by atoms with Crippen LogP contribution in [0, 0.1) is 0 Å². The van der Waals surface area contributed by atoms with E-state index in [1.165, 1.54) is 0 Å². The number of ether oxygens (including phenoxy) is 1. The number of rotatable bonds is 2. The molecule has 1 aromatic rings. The van der Waals surface area contributed by atoms with Gasteiger partial charge in [-0.1, -0.05) is 0 Å². The van der Waals surface area contributed by atoms with Crippen LogP contribution >= 0.6 is 0 Å². The summed E-state index contributed by atoms with van der Waals surface area (Å²) >= 11 is 0. The maximum absolute atomic E-state index is 12.6. The van der Waals surface area contributed by atoms with E-state index < -0.39 is 11.9 Å². The van der Waals surface area contributed by atoms with Gasteiger partial charge in [-0.2, -0.15) is 13.2 Å². The van der Waals surface area contributed by atoms with Crippen LogP contribution in [0.2, 0.25) is 0 Å². The number of pyridine rings is 1. The molecule has 19 heavy (non-hydrogen) atoms. The smallest absolute Gasteiger partial charge is 0.433 e. The van der Waals surface area contributed by atoms with Gasteiger partial charge in [0.1, 0.15) is 17.5 Å².